The lowest BCUT2D eigenvalue weighted by Gasteiger charge is -2.07. The second-order valence-electron chi connectivity index (χ2n) is 4.38. The lowest BCUT2D eigenvalue weighted by molar-refractivity contribution is -0.120. The van der Waals surface area contributed by atoms with Crippen LogP contribution in [0.2, 0.25) is 5.02 Å². The van der Waals surface area contributed by atoms with Gasteiger partial charge in [-0.1, -0.05) is 17.7 Å². The predicted octanol–water partition coefficient (Wildman–Crippen LogP) is 1.33. The summed E-state index contributed by atoms with van der Waals surface area (Å²) in [4.78, 5) is 15.8. The summed E-state index contributed by atoms with van der Waals surface area (Å²) in [5.41, 5.74) is 0.691. The molecule has 2 rings (SSSR count). The molecule has 0 atom stereocenters. The van der Waals surface area contributed by atoms with Crippen molar-refractivity contribution in [2.24, 2.45) is 0 Å². The van der Waals surface area contributed by atoms with Crippen molar-refractivity contribution >= 4 is 27.5 Å². The summed E-state index contributed by atoms with van der Waals surface area (Å²) in [5, 5.41) is 3.02. The van der Waals surface area contributed by atoms with Gasteiger partial charge in [-0.3, -0.25) is 9.78 Å². The largest absolute Gasteiger partial charge is 0.349 e. The van der Waals surface area contributed by atoms with Gasteiger partial charge in [0.2, 0.25) is 15.9 Å². The van der Waals surface area contributed by atoms with E-state index in [1.54, 1.807) is 24.4 Å². The number of sulfonamides is 1. The Morgan fingerprint density at radius 3 is 2.50 bits per heavy atom. The van der Waals surface area contributed by atoms with Crippen molar-refractivity contribution in [3.05, 3.63) is 59.4 Å². The zero-order valence-electron chi connectivity index (χ0n) is 11.5. The van der Waals surface area contributed by atoms with Crippen molar-refractivity contribution in [2.75, 3.05) is 6.54 Å². The maximum Gasteiger partial charge on any atom is 0.241 e. The van der Waals surface area contributed by atoms with Gasteiger partial charge < -0.3 is 5.32 Å². The maximum atomic E-state index is 12.0. The van der Waals surface area contributed by atoms with Crippen LogP contribution in [0.4, 0.5) is 0 Å². The Morgan fingerprint density at radius 2 is 1.86 bits per heavy atom. The van der Waals surface area contributed by atoms with Crippen LogP contribution in [-0.2, 0) is 21.4 Å². The van der Waals surface area contributed by atoms with Crippen LogP contribution in [0.3, 0.4) is 0 Å². The Kier molecular flexibility index (Phi) is 5.48. The van der Waals surface area contributed by atoms with Gasteiger partial charge in [0.25, 0.3) is 0 Å². The summed E-state index contributed by atoms with van der Waals surface area (Å²) in [7, 11) is -3.74. The number of aromatic nitrogens is 1. The van der Waals surface area contributed by atoms with Gasteiger partial charge in [-0.2, -0.15) is 0 Å². The molecule has 2 N–H and O–H groups in total. The van der Waals surface area contributed by atoms with Crippen LogP contribution in [0.5, 0.6) is 0 Å². The average molecular weight is 340 g/mol. The first kappa shape index (κ1) is 16.4. The quantitative estimate of drug-likeness (QED) is 0.831. The number of hydrogen-bond donors (Lipinski definition) is 2. The average Bonchev–Trinajstić information content (AvgIpc) is 2.52. The molecule has 116 valence electrons. The number of halogens is 1. The molecular formula is C14H14ClN3O3S. The van der Waals surface area contributed by atoms with Crippen LogP contribution in [-0.4, -0.2) is 25.9 Å². The van der Waals surface area contributed by atoms with Gasteiger partial charge in [0.15, 0.2) is 0 Å². The molecule has 22 heavy (non-hydrogen) atoms. The molecule has 6 nitrogen and oxygen atoms in total. The summed E-state index contributed by atoms with van der Waals surface area (Å²) in [5.74, 6) is -0.441. The Balaban J connectivity index is 1.86. The molecule has 0 spiro atoms. The molecule has 0 radical (unpaired) electrons. The van der Waals surface area contributed by atoms with E-state index in [2.05, 4.69) is 15.0 Å². The highest BCUT2D eigenvalue weighted by Gasteiger charge is 2.15. The van der Waals surface area contributed by atoms with Crippen LogP contribution in [0.25, 0.3) is 0 Å². The topological polar surface area (TPSA) is 88.2 Å². The molecule has 0 fully saturated rings. The summed E-state index contributed by atoms with van der Waals surface area (Å²) in [6, 6.07) is 11.0. The van der Waals surface area contributed by atoms with E-state index >= 15 is 0 Å². The van der Waals surface area contributed by atoms with Crippen LogP contribution in [0.1, 0.15) is 5.69 Å². The molecule has 8 heteroatoms. The fourth-order valence-electron chi connectivity index (χ4n) is 1.61. The number of nitrogens with one attached hydrogen (secondary N) is 2. The number of nitrogens with zero attached hydrogens (tertiary/aromatic N) is 1. The minimum atomic E-state index is -3.74. The second kappa shape index (κ2) is 7.35. The normalized spacial score (nSPS) is 11.1. The molecule has 0 unspecified atom stereocenters. The third-order valence-corrected chi connectivity index (χ3v) is 4.41. The van der Waals surface area contributed by atoms with E-state index in [-0.39, 0.29) is 18.0 Å². The fourth-order valence-corrected chi connectivity index (χ4v) is 2.72. The van der Waals surface area contributed by atoms with E-state index in [4.69, 9.17) is 11.6 Å². The van der Waals surface area contributed by atoms with Gasteiger partial charge in [0.1, 0.15) is 0 Å². The van der Waals surface area contributed by atoms with E-state index in [9.17, 15) is 13.2 Å². The summed E-state index contributed by atoms with van der Waals surface area (Å²) in [6.07, 6.45) is 1.62. The van der Waals surface area contributed by atoms with E-state index in [0.29, 0.717) is 10.7 Å². The molecule has 0 aliphatic rings. The molecular weight excluding hydrogens is 326 g/mol. The Bertz CT molecular complexity index is 734. The summed E-state index contributed by atoms with van der Waals surface area (Å²) >= 11 is 5.70. The van der Waals surface area contributed by atoms with Gasteiger partial charge in [0.05, 0.1) is 23.7 Å². The minimum Gasteiger partial charge on any atom is -0.349 e. The van der Waals surface area contributed by atoms with Crippen molar-refractivity contribution in [3.63, 3.8) is 0 Å². The van der Waals surface area contributed by atoms with Crippen LogP contribution in [0.15, 0.2) is 53.6 Å². The molecule has 0 saturated carbocycles. The maximum absolute atomic E-state index is 12.0. The number of carbonyl (C=O) groups is 1. The lowest BCUT2D eigenvalue weighted by Crippen LogP contribution is -2.36. The Hall–Kier alpha value is -1.96. The molecule has 1 aromatic carbocycles. The number of benzene rings is 1. The predicted molar refractivity (Wildman–Crippen MR) is 82.7 cm³/mol. The first-order valence-electron chi connectivity index (χ1n) is 6.39. The minimum absolute atomic E-state index is 0.0504. The van der Waals surface area contributed by atoms with Gasteiger partial charge in [-0.05, 0) is 36.4 Å². The Labute approximate surface area is 133 Å². The van der Waals surface area contributed by atoms with E-state index in [1.165, 1.54) is 24.3 Å². The van der Waals surface area contributed by atoms with Crippen molar-refractivity contribution in [2.45, 2.75) is 11.4 Å². The molecule has 1 heterocycles. The third kappa shape index (κ3) is 4.80. The summed E-state index contributed by atoms with van der Waals surface area (Å²) in [6.45, 7) is -0.111. The van der Waals surface area contributed by atoms with Gasteiger partial charge in [-0.25, -0.2) is 13.1 Å². The lowest BCUT2D eigenvalue weighted by atomic mass is 10.3. The SMILES string of the molecule is O=C(CNS(=O)(=O)c1ccc(Cl)cc1)NCc1ccccn1. The zero-order chi connectivity index (χ0) is 16.0. The summed E-state index contributed by atoms with van der Waals surface area (Å²) < 4.78 is 26.2. The standard InChI is InChI=1S/C14H14ClN3O3S/c15-11-4-6-13(7-5-11)22(20,21)18-10-14(19)17-9-12-3-1-2-8-16-12/h1-8,18H,9-10H2,(H,17,19). The number of hydrogen-bond acceptors (Lipinski definition) is 4. The number of pyridine rings is 1. The highest BCUT2D eigenvalue weighted by Crippen LogP contribution is 2.13. The molecule has 1 amide bonds. The molecule has 0 aliphatic heterocycles. The molecule has 0 saturated heterocycles. The van der Waals surface area contributed by atoms with Gasteiger partial charge >= 0.3 is 0 Å². The molecule has 0 aliphatic carbocycles. The third-order valence-electron chi connectivity index (χ3n) is 2.74. The zero-order valence-corrected chi connectivity index (χ0v) is 13.1. The second-order valence-corrected chi connectivity index (χ2v) is 6.58. The van der Waals surface area contributed by atoms with Gasteiger partial charge in [0, 0.05) is 11.2 Å². The number of rotatable bonds is 6. The number of amides is 1. The first-order valence-corrected chi connectivity index (χ1v) is 8.25. The fraction of sp³-hybridized carbons (Fsp3) is 0.143. The monoisotopic (exact) mass is 339 g/mol. The van der Waals surface area contributed by atoms with Crippen molar-refractivity contribution in [1.29, 1.82) is 0 Å². The van der Waals surface area contributed by atoms with E-state index in [1.807, 2.05) is 0 Å². The highest BCUT2D eigenvalue weighted by molar-refractivity contribution is 7.89. The van der Waals surface area contributed by atoms with Crippen LogP contribution < -0.4 is 10.0 Å². The van der Waals surface area contributed by atoms with Crippen molar-refractivity contribution in [3.8, 4) is 0 Å². The van der Waals surface area contributed by atoms with E-state index < -0.39 is 15.9 Å². The van der Waals surface area contributed by atoms with Crippen molar-refractivity contribution in [1.82, 2.24) is 15.0 Å². The van der Waals surface area contributed by atoms with Crippen LogP contribution >= 0.6 is 11.6 Å². The number of carbonyl (C=O) groups excluding carboxylic acids is 1. The first-order chi connectivity index (χ1) is 10.5. The molecule has 2 aromatic rings. The molecule has 1 aromatic heterocycles. The Morgan fingerprint density at radius 1 is 1.14 bits per heavy atom. The van der Waals surface area contributed by atoms with Gasteiger partial charge in [-0.15, -0.1) is 0 Å². The smallest absolute Gasteiger partial charge is 0.241 e. The van der Waals surface area contributed by atoms with E-state index in [0.717, 1.165) is 0 Å². The molecule has 0 bridgehead atoms. The van der Waals surface area contributed by atoms with Crippen LogP contribution in [0, 0.1) is 0 Å². The van der Waals surface area contributed by atoms with Crippen molar-refractivity contribution < 1.29 is 13.2 Å². The highest BCUT2D eigenvalue weighted by atomic mass is 35.5.